The molecule has 4 aromatic rings. The summed E-state index contributed by atoms with van der Waals surface area (Å²) in [6.07, 6.45) is 11.2. The Kier molecular flexibility index (Phi) is 9.03. The minimum Gasteiger partial charge on any atom is -0.436 e. The van der Waals surface area contributed by atoms with Crippen LogP contribution in [0.4, 0.5) is 10.5 Å². The predicted molar refractivity (Wildman–Crippen MR) is 186 cm³/mol. The van der Waals surface area contributed by atoms with E-state index in [9.17, 15) is 14.4 Å². The number of para-hydroxylation sites is 1. The van der Waals surface area contributed by atoms with Crippen LogP contribution >= 0.6 is 11.6 Å². The highest BCUT2D eigenvalue weighted by atomic mass is 35.5. The zero-order chi connectivity index (χ0) is 33.4. The van der Waals surface area contributed by atoms with Crippen LogP contribution in [0.5, 0.6) is 0 Å². The van der Waals surface area contributed by atoms with E-state index < -0.39 is 12.2 Å². The number of pyridine rings is 1. The molecule has 0 saturated carbocycles. The number of rotatable bonds is 6. The van der Waals surface area contributed by atoms with E-state index in [1.807, 2.05) is 29.2 Å². The number of hydrogen-bond acceptors (Lipinski definition) is 7. The van der Waals surface area contributed by atoms with Crippen LogP contribution in [-0.4, -0.2) is 92.6 Å². The third-order valence-electron chi connectivity index (χ3n) is 10.3. The summed E-state index contributed by atoms with van der Waals surface area (Å²) in [6, 6.07) is 11.5. The highest BCUT2D eigenvalue weighted by Crippen LogP contribution is 2.30. The van der Waals surface area contributed by atoms with Crippen molar-refractivity contribution in [2.24, 2.45) is 0 Å². The number of likely N-dealkylation sites (tertiary alicyclic amines) is 3. The maximum Gasteiger partial charge on any atom is 0.410 e. The van der Waals surface area contributed by atoms with Gasteiger partial charge in [0.25, 0.3) is 5.91 Å². The fraction of sp³-hybridized carbons (Fsp3) is 0.444. The molecule has 1 atom stereocenters. The molecule has 2 aromatic heterocycles. The lowest BCUT2D eigenvalue weighted by Gasteiger charge is -2.38. The number of carbonyl (C=O) groups excluding carboxylic acids is 2. The smallest absolute Gasteiger partial charge is 0.410 e. The van der Waals surface area contributed by atoms with E-state index in [-0.39, 0.29) is 24.1 Å². The SMILES string of the molecule is C#Cc1cc(C[C@@H](OC(=O)N2CCC(n3c(=O)[nH]c4c5ccccc5ncc43)CC2)C(=O)N2CCC(N3CCCC3)CC2)cc(Cl)c1N. The molecule has 7 rings (SSSR count). The summed E-state index contributed by atoms with van der Waals surface area (Å²) in [5.74, 6) is 2.33. The van der Waals surface area contributed by atoms with E-state index in [1.54, 1.807) is 27.8 Å². The molecular weight excluding hydrogens is 630 g/mol. The van der Waals surface area contributed by atoms with Crippen molar-refractivity contribution in [2.45, 2.75) is 63.1 Å². The van der Waals surface area contributed by atoms with E-state index >= 15 is 0 Å². The number of H-pyrrole nitrogens is 1. The van der Waals surface area contributed by atoms with Gasteiger partial charge in [-0.05, 0) is 75.4 Å². The molecular formula is C36H40ClN7O4. The van der Waals surface area contributed by atoms with Gasteiger partial charge in [-0.15, -0.1) is 6.42 Å². The van der Waals surface area contributed by atoms with Gasteiger partial charge in [-0.1, -0.05) is 35.7 Å². The lowest BCUT2D eigenvalue weighted by atomic mass is 10.00. The summed E-state index contributed by atoms with van der Waals surface area (Å²) in [5, 5.41) is 1.18. The molecule has 2 aromatic carbocycles. The molecule has 5 heterocycles. The van der Waals surface area contributed by atoms with Gasteiger partial charge in [0.15, 0.2) is 6.10 Å². The average molecular weight is 670 g/mol. The first-order valence-corrected chi connectivity index (χ1v) is 17.2. The number of fused-ring (bicyclic) bond motifs is 3. The lowest BCUT2D eigenvalue weighted by molar-refractivity contribution is -0.142. The first-order valence-electron chi connectivity index (χ1n) is 16.8. The molecule has 250 valence electrons. The van der Waals surface area contributed by atoms with Gasteiger partial charge in [0.2, 0.25) is 0 Å². The van der Waals surface area contributed by atoms with Crippen molar-refractivity contribution in [1.82, 2.24) is 29.2 Å². The summed E-state index contributed by atoms with van der Waals surface area (Å²) in [6.45, 7) is 4.21. The van der Waals surface area contributed by atoms with Crippen LogP contribution < -0.4 is 11.4 Å². The predicted octanol–water partition coefficient (Wildman–Crippen LogP) is 4.57. The number of nitrogens with one attached hydrogen (secondary N) is 1. The number of aromatic amines is 1. The molecule has 11 nitrogen and oxygen atoms in total. The number of anilines is 1. The summed E-state index contributed by atoms with van der Waals surface area (Å²) >= 11 is 6.38. The molecule has 0 radical (unpaired) electrons. The normalized spacial score (nSPS) is 18.8. The number of nitrogens with zero attached hydrogens (tertiary/aromatic N) is 5. The standard InChI is InChI=1S/C36H40ClN7O4/c1-2-24-19-23(20-28(37)32(24)38)21-31(34(45)42-15-9-25(10-16-42)41-13-5-6-14-41)48-36(47)43-17-11-26(12-18-43)44-30-22-39-29-8-4-3-7-27(29)33(30)40-35(44)46/h1,3-4,7-8,19-20,22,25-26,31H,5-6,9-18,21,38H2,(H,40,46)/t31-/m1/s1. The minimum atomic E-state index is -1.06. The summed E-state index contributed by atoms with van der Waals surface area (Å²) < 4.78 is 7.78. The Labute approximate surface area is 284 Å². The van der Waals surface area contributed by atoms with E-state index in [4.69, 9.17) is 28.5 Å². The summed E-state index contributed by atoms with van der Waals surface area (Å²) in [5.41, 5.74) is 9.56. The lowest BCUT2D eigenvalue weighted by Crippen LogP contribution is -2.51. The number of benzene rings is 2. The maximum atomic E-state index is 14.0. The van der Waals surface area contributed by atoms with Crippen molar-refractivity contribution in [2.75, 3.05) is 45.0 Å². The monoisotopic (exact) mass is 669 g/mol. The number of nitrogen functional groups attached to an aromatic ring is 1. The van der Waals surface area contributed by atoms with Crippen LogP contribution in [0, 0.1) is 12.3 Å². The average Bonchev–Trinajstić information content (AvgIpc) is 3.77. The van der Waals surface area contributed by atoms with Crippen LogP contribution in [0.2, 0.25) is 5.02 Å². The third-order valence-corrected chi connectivity index (χ3v) is 10.6. The van der Waals surface area contributed by atoms with Gasteiger partial charge >= 0.3 is 11.8 Å². The molecule has 48 heavy (non-hydrogen) atoms. The Morgan fingerprint density at radius 3 is 2.44 bits per heavy atom. The van der Waals surface area contributed by atoms with Crippen LogP contribution in [-0.2, 0) is 16.0 Å². The van der Waals surface area contributed by atoms with Gasteiger partial charge in [0.1, 0.15) is 0 Å². The quantitative estimate of drug-likeness (QED) is 0.227. The number of halogens is 1. The zero-order valence-electron chi connectivity index (χ0n) is 26.9. The van der Waals surface area contributed by atoms with Gasteiger partial charge in [0.05, 0.1) is 33.5 Å². The van der Waals surface area contributed by atoms with Gasteiger partial charge in [-0.25, -0.2) is 9.59 Å². The van der Waals surface area contributed by atoms with Crippen LogP contribution in [0.25, 0.3) is 21.9 Å². The molecule has 3 saturated heterocycles. The summed E-state index contributed by atoms with van der Waals surface area (Å²) in [7, 11) is 0. The van der Waals surface area contributed by atoms with Crippen LogP contribution in [0.3, 0.4) is 0 Å². The molecule has 0 aliphatic carbocycles. The largest absolute Gasteiger partial charge is 0.436 e. The first-order chi connectivity index (χ1) is 23.3. The molecule has 3 fully saturated rings. The number of ether oxygens (including phenoxy) is 1. The number of hydrogen-bond donors (Lipinski definition) is 2. The van der Waals surface area contributed by atoms with Gasteiger partial charge in [-0.2, -0.15) is 0 Å². The Morgan fingerprint density at radius 2 is 1.71 bits per heavy atom. The summed E-state index contributed by atoms with van der Waals surface area (Å²) in [4.78, 5) is 54.3. The first kappa shape index (κ1) is 32.0. The number of amides is 2. The molecule has 0 bridgehead atoms. The fourth-order valence-corrected chi connectivity index (χ4v) is 7.90. The molecule has 12 heteroatoms. The molecule has 0 spiro atoms. The van der Waals surface area contributed by atoms with Crippen LogP contribution in [0.15, 0.2) is 47.4 Å². The van der Waals surface area contributed by atoms with Crippen molar-refractivity contribution in [3.63, 3.8) is 0 Å². The molecule has 3 aliphatic heterocycles. The van der Waals surface area contributed by atoms with Crippen LogP contribution in [0.1, 0.15) is 55.7 Å². The van der Waals surface area contributed by atoms with Crippen molar-refractivity contribution < 1.29 is 14.3 Å². The second-order valence-corrected chi connectivity index (χ2v) is 13.5. The van der Waals surface area contributed by atoms with Gasteiger partial charge in [0, 0.05) is 55.6 Å². The minimum absolute atomic E-state index is 0.119. The Balaban J connectivity index is 1.05. The third kappa shape index (κ3) is 6.22. The fourth-order valence-electron chi connectivity index (χ4n) is 7.65. The van der Waals surface area contributed by atoms with Crippen molar-refractivity contribution >= 4 is 51.2 Å². The van der Waals surface area contributed by atoms with Crippen molar-refractivity contribution in [1.29, 1.82) is 0 Å². The second kappa shape index (κ2) is 13.5. The Bertz CT molecular complexity index is 1940. The second-order valence-electron chi connectivity index (χ2n) is 13.1. The molecule has 3 aliphatic rings. The highest BCUT2D eigenvalue weighted by molar-refractivity contribution is 6.33. The number of aromatic nitrogens is 3. The zero-order valence-corrected chi connectivity index (χ0v) is 27.6. The molecule has 0 unspecified atom stereocenters. The van der Waals surface area contributed by atoms with Gasteiger partial charge < -0.3 is 30.2 Å². The number of terminal acetylenes is 1. The topological polar surface area (TPSA) is 130 Å². The van der Waals surface area contributed by atoms with Crippen molar-refractivity contribution in [3.05, 3.63) is 69.2 Å². The molecule has 3 N–H and O–H groups in total. The van der Waals surface area contributed by atoms with E-state index in [0.717, 1.165) is 47.9 Å². The Hall–Kier alpha value is -4.53. The Morgan fingerprint density at radius 1 is 1.02 bits per heavy atom. The number of piperidine rings is 2. The number of nitrogens with two attached hydrogens (primary N) is 1. The van der Waals surface area contributed by atoms with Crippen molar-refractivity contribution in [3.8, 4) is 12.3 Å². The van der Waals surface area contributed by atoms with Gasteiger partial charge in [-0.3, -0.25) is 14.3 Å². The highest BCUT2D eigenvalue weighted by Gasteiger charge is 2.35. The maximum absolute atomic E-state index is 14.0. The van der Waals surface area contributed by atoms with E-state index in [2.05, 4.69) is 20.8 Å². The van der Waals surface area contributed by atoms with E-state index in [1.165, 1.54) is 12.8 Å². The van der Waals surface area contributed by atoms with E-state index in [0.29, 0.717) is 66.9 Å². The number of imidazole rings is 1. The number of carbonyl (C=O) groups is 2. The molecule has 2 amide bonds.